The van der Waals surface area contributed by atoms with Crippen molar-refractivity contribution in [1.82, 2.24) is 5.32 Å². The van der Waals surface area contributed by atoms with Crippen molar-refractivity contribution in [2.45, 2.75) is 32.6 Å². The maximum atomic E-state index is 13.2. The summed E-state index contributed by atoms with van der Waals surface area (Å²) in [5.41, 5.74) is 1.21. The molecule has 2 nitrogen and oxygen atoms in total. The fourth-order valence-electron chi connectivity index (χ4n) is 2.68. The molecule has 1 aromatic rings. The molecule has 0 radical (unpaired) electrons. The van der Waals surface area contributed by atoms with Crippen molar-refractivity contribution in [1.29, 1.82) is 0 Å². The molecule has 0 spiro atoms. The SMILES string of the molecule is Cc1ccc(F)cc1C(=O)NCC1(CCl)CCCC1. The van der Waals surface area contributed by atoms with Crippen molar-refractivity contribution in [3.63, 3.8) is 0 Å². The van der Waals surface area contributed by atoms with Crippen LogP contribution in [0.15, 0.2) is 18.2 Å². The van der Waals surface area contributed by atoms with E-state index in [1.807, 2.05) is 0 Å². The Labute approximate surface area is 118 Å². The largest absolute Gasteiger partial charge is 0.351 e. The second kappa shape index (κ2) is 5.91. The van der Waals surface area contributed by atoms with Gasteiger partial charge >= 0.3 is 0 Å². The third-order valence-corrected chi connectivity index (χ3v) is 4.58. The summed E-state index contributed by atoms with van der Waals surface area (Å²) in [7, 11) is 0. The fraction of sp³-hybridized carbons (Fsp3) is 0.533. The van der Waals surface area contributed by atoms with Gasteiger partial charge in [-0.1, -0.05) is 18.9 Å². The molecule has 4 heteroatoms. The first-order valence-corrected chi connectivity index (χ1v) is 7.20. The lowest BCUT2D eigenvalue weighted by Gasteiger charge is -2.26. The molecule has 2 rings (SSSR count). The van der Waals surface area contributed by atoms with Gasteiger partial charge in [-0.2, -0.15) is 0 Å². The van der Waals surface area contributed by atoms with Crippen LogP contribution in [0.3, 0.4) is 0 Å². The van der Waals surface area contributed by atoms with Gasteiger partial charge in [0.15, 0.2) is 0 Å². The third kappa shape index (κ3) is 3.27. The molecule has 1 aromatic carbocycles. The van der Waals surface area contributed by atoms with Crippen LogP contribution in [0, 0.1) is 18.2 Å². The average Bonchev–Trinajstić information content (AvgIpc) is 2.88. The number of amides is 1. The lowest BCUT2D eigenvalue weighted by Crippen LogP contribution is -2.37. The number of benzene rings is 1. The minimum Gasteiger partial charge on any atom is -0.351 e. The first-order chi connectivity index (χ1) is 9.06. The van der Waals surface area contributed by atoms with Gasteiger partial charge in [-0.25, -0.2) is 4.39 Å². The smallest absolute Gasteiger partial charge is 0.251 e. The van der Waals surface area contributed by atoms with Crippen LogP contribution in [0.5, 0.6) is 0 Å². The second-order valence-electron chi connectivity index (χ2n) is 5.48. The maximum absolute atomic E-state index is 13.2. The number of alkyl halides is 1. The van der Waals surface area contributed by atoms with Crippen molar-refractivity contribution in [2.75, 3.05) is 12.4 Å². The Morgan fingerprint density at radius 1 is 1.42 bits per heavy atom. The fourth-order valence-corrected chi connectivity index (χ4v) is 3.05. The maximum Gasteiger partial charge on any atom is 0.251 e. The van der Waals surface area contributed by atoms with Crippen LogP contribution in [-0.2, 0) is 0 Å². The van der Waals surface area contributed by atoms with Crippen molar-refractivity contribution < 1.29 is 9.18 Å². The molecule has 1 fully saturated rings. The van der Waals surface area contributed by atoms with Crippen molar-refractivity contribution in [2.24, 2.45) is 5.41 Å². The molecule has 1 saturated carbocycles. The number of hydrogen-bond acceptors (Lipinski definition) is 1. The zero-order chi connectivity index (χ0) is 13.9. The van der Waals surface area contributed by atoms with Gasteiger partial charge in [0, 0.05) is 23.4 Å². The highest BCUT2D eigenvalue weighted by Crippen LogP contribution is 2.38. The van der Waals surface area contributed by atoms with E-state index in [4.69, 9.17) is 11.6 Å². The van der Waals surface area contributed by atoms with Gasteiger partial charge in [0.1, 0.15) is 5.82 Å². The van der Waals surface area contributed by atoms with Crippen LogP contribution in [0.4, 0.5) is 4.39 Å². The molecule has 1 amide bonds. The van der Waals surface area contributed by atoms with Crippen molar-refractivity contribution >= 4 is 17.5 Å². The number of rotatable bonds is 4. The van der Waals surface area contributed by atoms with E-state index in [0.717, 1.165) is 18.4 Å². The van der Waals surface area contributed by atoms with E-state index in [0.29, 0.717) is 18.0 Å². The van der Waals surface area contributed by atoms with Gasteiger partial charge < -0.3 is 5.32 Å². The summed E-state index contributed by atoms with van der Waals surface area (Å²) < 4.78 is 13.2. The number of carbonyl (C=O) groups is 1. The molecular weight excluding hydrogens is 265 g/mol. The summed E-state index contributed by atoms with van der Waals surface area (Å²) in [4.78, 5) is 12.1. The Morgan fingerprint density at radius 2 is 2.11 bits per heavy atom. The van der Waals surface area contributed by atoms with E-state index in [2.05, 4.69) is 5.32 Å². The number of halogens is 2. The minimum absolute atomic E-state index is 0.0262. The first-order valence-electron chi connectivity index (χ1n) is 6.67. The molecule has 0 aromatic heterocycles. The van der Waals surface area contributed by atoms with Crippen LogP contribution in [0.25, 0.3) is 0 Å². The highest BCUT2D eigenvalue weighted by Gasteiger charge is 2.33. The molecule has 0 atom stereocenters. The van der Waals surface area contributed by atoms with Crippen molar-refractivity contribution in [3.05, 3.63) is 35.1 Å². The molecule has 1 aliphatic carbocycles. The first kappa shape index (κ1) is 14.3. The van der Waals surface area contributed by atoms with Gasteiger partial charge in [0.25, 0.3) is 5.91 Å². The van der Waals surface area contributed by atoms with E-state index in [1.165, 1.54) is 25.0 Å². The third-order valence-electron chi connectivity index (χ3n) is 4.02. The Bertz CT molecular complexity index is 469. The van der Waals surface area contributed by atoms with Gasteiger partial charge in [-0.3, -0.25) is 4.79 Å². The summed E-state index contributed by atoms with van der Waals surface area (Å²) >= 11 is 6.04. The summed E-state index contributed by atoms with van der Waals surface area (Å²) in [6.45, 7) is 2.38. The van der Waals surface area contributed by atoms with Crippen LogP contribution >= 0.6 is 11.6 Å². The summed E-state index contributed by atoms with van der Waals surface area (Å²) in [6, 6.07) is 4.27. The van der Waals surface area contributed by atoms with Crippen LogP contribution in [0.1, 0.15) is 41.6 Å². The molecule has 19 heavy (non-hydrogen) atoms. The molecule has 0 bridgehead atoms. The van der Waals surface area contributed by atoms with Crippen LogP contribution in [0.2, 0.25) is 0 Å². The molecule has 0 saturated heterocycles. The number of aryl methyl sites for hydroxylation is 1. The predicted octanol–water partition coefficient (Wildman–Crippen LogP) is 3.66. The van der Waals surface area contributed by atoms with Crippen LogP contribution < -0.4 is 5.32 Å². The zero-order valence-electron chi connectivity index (χ0n) is 11.1. The standard InChI is InChI=1S/C15H19ClFNO/c1-11-4-5-12(17)8-13(11)14(19)18-10-15(9-16)6-2-3-7-15/h4-5,8H,2-3,6-7,9-10H2,1H3,(H,18,19). The second-order valence-corrected chi connectivity index (χ2v) is 5.75. The molecule has 1 aliphatic rings. The lowest BCUT2D eigenvalue weighted by atomic mass is 9.88. The summed E-state index contributed by atoms with van der Waals surface area (Å²) in [5.74, 6) is -0.0350. The average molecular weight is 284 g/mol. The normalized spacial score (nSPS) is 17.4. The molecule has 0 aliphatic heterocycles. The Kier molecular flexibility index (Phi) is 4.46. The molecule has 0 unspecified atom stereocenters. The topological polar surface area (TPSA) is 29.1 Å². The lowest BCUT2D eigenvalue weighted by molar-refractivity contribution is 0.0934. The monoisotopic (exact) mass is 283 g/mol. The van der Waals surface area contributed by atoms with E-state index in [1.54, 1.807) is 13.0 Å². The van der Waals surface area contributed by atoms with Gasteiger partial charge in [-0.05, 0) is 37.5 Å². The molecular formula is C15H19ClFNO. The summed E-state index contributed by atoms with van der Waals surface area (Å²) in [5, 5.41) is 2.91. The van der Waals surface area contributed by atoms with Gasteiger partial charge in [0.05, 0.1) is 0 Å². The zero-order valence-corrected chi connectivity index (χ0v) is 11.9. The Hall–Kier alpha value is -1.09. The number of nitrogens with one attached hydrogen (secondary N) is 1. The molecule has 0 heterocycles. The van der Waals surface area contributed by atoms with E-state index in [-0.39, 0.29) is 17.1 Å². The Balaban J connectivity index is 2.03. The van der Waals surface area contributed by atoms with Crippen molar-refractivity contribution in [3.8, 4) is 0 Å². The van der Waals surface area contributed by atoms with E-state index in [9.17, 15) is 9.18 Å². The molecule has 104 valence electrons. The highest BCUT2D eigenvalue weighted by molar-refractivity contribution is 6.18. The summed E-state index contributed by atoms with van der Waals surface area (Å²) in [6.07, 6.45) is 4.45. The number of carbonyl (C=O) groups excluding carboxylic acids is 1. The quantitative estimate of drug-likeness (QED) is 0.840. The highest BCUT2D eigenvalue weighted by atomic mass is 35.5. The minimum atomic E-state index is -0.385. The molecule has 1 N–H and O–H groups in total. The predicted molar refractivity (Wildman–Crippen MR) is 75.1 cm³/mol. The van der Waals surface area contributed by atoms with E-state index >= 15 is 0 Å². The van der Waals surface area contributed by atoms with Gasteiger partial charge in [0.2, 0.25) is 0 Å². The number of hydrogen-bond donors (Lipinski definition) is 1. The Morgan fingerprint density at radius 3 is 2.74 bits per heavy atom. The van der Waals surface area contributed by atoms with Crippen LogP contribution in [-0.4, -0.2) is 18.3 Å². The van der Waals surface area contributed by atoms with E-state index < -0.39 is 0 Å². The van der Waals surface area contributed by atoms with Gasteiger partial charge in [-0.15, -0.1) is 11.6 Å².